The van der Waals surface area contributed by atoms with Crippen LogP contribution in [0.15, 0.2) is 12.2 Å². The number of hydrogen-bond donors (Lipinski definition) is 2. The summed E-state index contributed by atoms with van der Waals surface area (Å²) in [6.45, 7) is 3.80. The Bertz CT molecular complexity index is 1090. The molecule has 2 atom stereocenters. The number of phosphoric acid groups is 1. The van der Waals surface area contributed by atoms with Crippen molar-refractivity contribution in [2.75, 3.05) is 26.4 Å². The van der Waals surface area contributed by atoms with Gasteiger partial charge in [0.15, 0.2) is 6.10 Å². The van der Waals surface area contributed by atoms with Gasteiger partial charge in [-0.3, -0.25) is 18.6 Å². The molecule has 0 bridgehead atoms. The number of phosphoric ester groups is 1. The Morgan fingerprint density at radius 3 is 1.08 bits per heavy atom. The minimum atomic E-state index is -4.38. The first-order valence-electron chi connectivity index (χ1n) is 28.7. The largest absolute Gasteiger partial charge is 0.472 e. The summed E-state index contributed by atoms with van der Waals surface area (Å²) in [5.41, 5.74) is 5.38. The number of carbonyl (C=O) groups is 2. The molecule has 0 aliphatic heterocycles. The number of carbonyl (C=O) groups excluding carboxylic acids is 2. The van der Waals surface area contributed by atoms with E-state index in [0.29, 0.717) is 6.42 Å². The molecule has 0 amide bonds. The average molecular weight is 956 g/mol. The van der Waals surface area contributed by atoms with Crippen LogP contribution < -0.4 is 5.73 Å². The number of hydrogen-bond acceptors (Lipinski definition) is 8. The Morgan fingerprint density at radius 1 is 0.439 bits per heavy atom. The van der Waals surface area contributed by atoms with Crippen molar-refractivity contribution in [1.82, 2.24) is 0 Å². The van der Waals surface area contributed by atoms with Crippen LogP contribution >= 0.6 is 7.82 Å². The van der Waals surface area contributed by atoms with Gasteiger partial charge in [0, 0.05) is 19.4 Å². The van der Waals surface area contributed by atoms with E-state index < -0.39 is 26.5 Å². The molecule has 0 rings (SSSR count). The fraction of sp³-hybridized carbons (Fsp3) is 0.929. The van der Waals surface area contributed by atoms with Gasteiger partial charge in [-0.2, -0.15) is 0 Å². The average Bonchev–Trinajstić information content (AvgIpc) is 3.31. The lowest BCUT2D eigenvalue weighted by Gasteiger charge is -2.19. The summed E-state index contributed by atoms with van der Waals surface area (Å²) >= 11 is 0. The molecular formula is C56H110NO8P. The zero-order valence-electron chi connectivity index (χ0n) is 43.7. The van der Waals surface area contributed by atoms with E-state index in [9.17, 15) is 19.0 Å². The van der Waals surface area contributed by atoms with Crippen molar-refractivity contribution in [3.8, 4) is 0 Å². The van der Waals surface area contributed by atoms with Crippen molar-refractivity contribution < 1.29 is 37.6 Å². The highest BCUT2D eigenvalue weighted by Gasteiger charge is 2.26. The van der Waals surface area contributed by atoms with E-state index in [2.05, 4.69) is 26.0 Å². The highest BCUT2D eigenvalue weighted by Crippen LogP contribution is 2.43. The van der Waals surface area contributed by atoms with Crippen molar-refractivity contribution in [2.24, 2.45) is 5.73 Å². The molecule has 3 N–H and O–H groups in total. The summed E-state index contributed by atoms with van der Waals surface area (Å²) in [6, 6.07) is 0. The topological polar surface area (TPSA) is 134 Å². The summed E-state index contributed by atoms with van der Waals surface area (Å²) in [6.07, 6.45) is 59.9. The van der Waals surface area contributed by atoms with E-state index in [1.54, 1.807) is 0 Å². The highest BCUT2D eigenvalue weighted by molar-refractivity contribution is 7.47. The molecule has 66 heavy (non-hydrogen) atoms. The van der Waals surface area contributed by atoms with Crippen molar-refractivity contribution in [3.05, 3.63) is 12.2 Å². The van der Waals surface area contributed by atoms with Gasteiger partial charge in [0.1, 0.15) is 6.61 Å². The Hall–Kier alpha value is -1.25. The minimum absolute atomic E-state index is 0.0559. The number of nitrogens with two attached hydrogens (primary N) is 1. The fourth-order valence-corrected chi connectivity index (χ4v) is 9.40. The lowest BCUT2D eigenvalue weighted by atomic mass is 10.0. The number of ether oxygens (including phenoxy) is 2. The van der Waals surface area contributed by atoms with Gasteiger partial charge in [-0.15, -0.1) is 0 Å². The second kappa shape index (κ2) is 53.1. The molecule has 0 aromatic rings. The van der Waals surface area contributed by atoms with E-state index in [1.807, 2.05) is 0 Å². The van der Waals surface area contributed by atoms with Crippen LogP contribution in [-0.2, 0) is 32.7 Å². The maximum Gasteiger partial charge on any atom is 0.472 e. The van der Waals surface area contributed by atoms with Crippen molar-refractivity contribution in [2.45, 2.75) is 309 Å². The molecule has 392 valence electrons. The lowest BCUT2D eigenvalue weighted by molar-refractivity contribution is -0.161. The molecule has 10 heteroatoms. The lowest BCUT2D eigenvalue weighted by Crippen LogP contribution is -2.29. The molecule has 2 unspecified atom stereocenters. The summed E-state index contributed by atoms with van der Waals surface area (Å²) in [5, 5.41) is 0. The van der Waals surface area contributed by atoms with Gasteiger partial charge >= 0.3 is 19.8 Å². The predicted octanol–water partition coefficient (Wildman–Crippen LogP) is 17.7. The van der Waals surface area contributed by atoms with Gasteiger partial charge in [-0.05, 0) is 38.5 Å². The first-order chi connectivity index (χ1) is 32.3. The number of rotatable bonds is 55. The number of esters is 2. The van der Waals surface area contributed by atoms with Gasteiger partial charge in [0.25, 0.3) is 0 Å². The third-order valence-electron chi connectivity index (χ3n) is 12.9. The molecule has 0 aliphatic rings. The van der Waals surface area contributed by atoms with E-state index in [1.165, 1.54) is 225 Å². The van der Waals surface area contributed by atoms with E-state index >= 15 is 0 Å². The van der Waals surface area contributed by atoms with Crippen LogP contribution in [0, 0.1) is 0 Å². The monoisotopic (exact) mass is 956 g/mol. The fourth-order valence-electron chi connectivity index (χ4n) is 8.63. The molecule has 0 aromatic carbocycles. The first-order valence-corrected chi connectivity index (χ1v) is 30.2. The zero-order chi connectivity index (χ0) is 48.1. The van der Waals surface area contributed by atoms with Crippen LogP contribution in [-0.4, -0.2) is 49.3 Å². The van der Waals surface area contributed by atoms with E-state index in [4.69, 9.17) is 24.3 Å². The zero-order valence-corrected chi connectivity index (χ0v) is 44.6. The maximum absolute atomic E-state index is 12.7. The molecule has 0 radical (unpaired) electrons. The van der Waals surface area contributed by atoms with Gasteiger partial charge in [-0.25, -0.2) is 4.57 Å². The Balaban J connectivity index is 3.90. The van der Waals surface area contributed by atoms with Crippen molar-refractivity contribution in [1.29, 1.82) is 0 Å². The SMILES string of the molecule is CCCCCCCCC/C=C\CCCCCCCCCC(=O)OC(COC(=O)CCCCCCCCCCCCCCCCCCCCCCCCCCCCC)COP(=O)(O)OCCN. The van der Waals surface area contributed by atoms with Crippen LogP contribution in [0.2, 0.25) is 0 Å². The molecule has 0 saturated carbocycles. The second-order valence-electron chi connectivity index (χ2n) is 19.5. The van der Waals surface area contributed by atoms with Gasteiger partial charge in [-0.1, -0.05) is 264 Å². The quantitative estimate of drug-likeness (QED) is 0.0264. The van der Waals surface area contributed by atoms with Crippen LogP contribution in [0.4, 0.5) is 0 Å². The molecule has 9 nitrogen and oxygen atoms in total. The molecule has 0 heterocycles. The van der Waals surface area contributed by atoms with Crippen LogP contribution in [0.25, 0.3) is 0 Å². The molecular weight excluding hydrogens is 846 g/mol. The molecule has 0 saturated heterocycles. The summed E-state index contributed by atoms with van der Waals surface area (Å²) in [5.74, 6) is -0.814. The van der Waals surface area contributed by atoms with Gasteiger partial charge in [0.05, 0.1) is 13.2 Å². The Labute approximate surface area is 409 Å². The summed E-state index contributed by atoms with van der Waals surface area (Å²) < 4.78 is 33.0. The minimum Gasteiger partial charge on any atom is -0.462 e. The predicted molar refractivity (Wildman–Crippen MR) is 280 cm³/mol. The molecule has 0 fully saturated rings. The third-order valence-corrected chi connectivity index (χ3v) is 13.9. The highest BCUT2D eigenvalue weighted by atomic mass is 31.2. The maximum atomic E-state index is 12.7. The third kappa shape index (κ3) is 52.1. The standard InChI is InChI=1S/C56H110NO8P/c1-3-5-7-9-11-13-15-17-19-21-23-24-25-26-27-28-29-30-31-33-34-36-38-40-42-44-46-48-55(58)62-52-54(53-64-66(60,61)63-51-50-57)65-56(59)49-47-45-43-41-39-37-35-32-22-20-18-16-14-12-10-8-6-4-2/h20,22,54H,3-19,21,23-53,57H2,1-2H3,(H,60,61)/b22-20-. The number of unbranched alkanes of at least 4 members (excludes halogenated alkanes) is 40. The van der Waals surface area contributed by atoms with Crippen LogP contribution in [0.3, 0.4) is 0 Å². The summed E-state index contributed by atoms with van der Waals surface area (Å²) in [4.78, 5) is 35.1. The van der Waals surface area contributed by atoms with Crippen molar-refractivity contribution in [3.63, 3.8) is 0 Å². The smallest absolute Gasteiger partial charge is 0.462 e. The normalized spacial score (nSPS) is 13.1. The van der Waals surface area contributed by atoms with Crippen molar-refractivity contribution >= 4 is 19.8 Å². The summed E-state index contributed by atoms with van der Waals surface area (Å²) in [7, 11) is -4.38. The van der Waals surface area contributed by atoms with Crippen LogP contribution in [0.5, 0.6) is 0 Å². The molecule has 0 spiro atoms. The Morgan fingerprint density at radius 2 is 0.742 bits per heavy atom. The van der Waals surface area contributed by atoms with Crippen LogP contribution in [0.1, 0.15) is 303 Å². The van der Waals surface area contributed by atoms with E-state index in [0.717, 1.165) is 44.9 Å². The Kier molecular flexibility index (Phi) is 52.1. The second-order valence-corrected chi connectivity index (χ2v) is 21.0. The molecule has 0 aliphatic carbocycles. The molecule has 0 aromatic heterocycles. The van der Waals surface area contributed by atoms with E-state index in [-0.39, 0.29) is 38.6 Å². The van der Waals surface area contributed by atoms with Gasteiger partial charge in [0.2, 0.25) is 0 Å². The number of allylic oxidation sites excluding steroid dienone is 2. The van der Waals surface area contributed by atoms with Gasteiger partial charge < -0.3 is 20.1 Å². The first kappa shape index (κ1) is 64.8.